The van der Waals surface area contributed by atoms with E-state index in [1.54, 1.807) is 13.8 Å². The van der Waals surface area contributed by atoms with E-state index < -0.39 is 11.8 Å². The molecule has 1 saturated carbocycles. The summed E-state index contributed by atoms with van der Waals surface area (Å²) in [5, 5.41) is 0. The second-order valence-electron chi connectivity index (χ2n) is 4.29. The molecule has 0 aromatic heterocycles. The third-order valence-electron chi connectivity index (χ3n) is 3.25. The highest BCUT2D eigenvalue weighted by atomic mass is 16.5. The van der Waals surface area contributed by atoms with E-state index in [-0.39, 0.29) is 17.9 Å². The summed E-state index contributed by atoms with van der Waals surface area (Å²) >= 11 is 0. The molecule has 3 atom stereocenters. The van der Waals surface area contributed by atoms with Crippen molar-refractivity contribution in [2.45, 2.75) is 27.2 Å². The lowest BCUT2D eigenvalue weighted by Gasteiger charge is -2.19. The van der Waals surface area contributed by atoms with E-state index in [0.717, 1.165) is 5.57 Å². The van der Waals surface area contributed by atoms with Gasteiger partial charge in [-0.15, -0.1) is 0 Å². The van der Waals surface area contributed by atoms with Gasteiger partial charge in [-0.25, -0.2) is 0 Å². The first-order chi connectivity index (χ1) is 8.02. The molecule has 0 heterocycles. The van der Waals surface area contributed by atoms with Crippen molar-refractivity contribution in [2.75, 3.05) is 13.2 Å². The molecule has 3 unspecified atom stereocenters. The average molecular weight is 240 g/mol. The zero-order valence-corrected chi connectivity index (χ0v) is 10.7. The predicted molar refractivity (Wildman–Crippen MR) is 63.2 cm³/mol. The zero-order valence-electron chi connectivity index (χ0n) is 10.7. The van der Waals surface area contributed by atoms with Gasteiger partial charge in [-0.05, 0) is 26.2 Å². The van der Waals surface area contributed by atoms with Crippen LogP contribution in [0, 0.1) is 17.8 Å². The van der Waals surface area contributed by atoms with Gasteiger partial charge in [0.2, 0.25) is 0 Å². The number of carbonyl (C=O) groups excluding carboxylic acids is 2. The Kier molecular flexibility index (Phi) is 4.73. The summed E-state index contributed by atoms with van der Waals surface area (Å²) in [4.78, 5) is 23.6. The Morgan fingerprint density at radius 2 is 1.76 bits per heavy atom. The molecular weight excluding hydrogens is 220 g/mol. The fraction of sp³-hybridized carbons (Fsp3) is 0.692. The first-order valence-electron chi connectivity index (χ1n) is 6.03. The molecule has 0 aromatic rings. The Labute approximate surface area is 102 Å². The highest BCUT2D eigenvalue weighted by Gasteiger charge is 2.46. The van der Waals surface area contributed by atoms with E-state index in [1.807, 2.05) is 6.92 Å². The molecule has 0 radical (unpaired) electrons. The van der Waals surface area contributed by atoms with E-state index in [9.17, 15) is 9.59 Å². The van der Waals surface area contributed by atoms with E-state index in [2.05, 4.69) is 6.58 Å². The van der Waals surface area contributed by atoms with Crippen LogP contribution in [0.25, 0.3) is 0 Å². The Morgan fingerprint density at radius 1 is 1.24 bits per heavy atom. The van der Waals surface area contributed by atoms with Gasteiger partial charge in [0.1, 0.15) is 0 Å². The van der Waals surface area contributed by atoms with Crippen molar-refractivity contribution in [3.05, 3.63) is 12.2 Å². The maximum atomic E-state index is 11.8. The normalized spacial score (nSPS) is 27.9. The zero-order chi connectivity index (χ0) is 13.0. The third kappa shape index (κ3) is 2.87. The summed E-state index contributed by atoms with van der Waals surface area (Å²) in [6.07, 6.45) is 0.517. The van der Waals surface area contributed by atoms with Gasteiger partial charge in [-0.1, -0.05) is 19.1 Å². The lowest BCUT2D eigenvalue weighted by atomic mass is 9.90. The van der Waals surface area contributed by atoms with Gasteiger partial charge in [0.15, 0.2) is 0 Å². The van der Waals surface area contributed by atoms with Crippen LogP contribution in [0.1, 0.15) is 27.2 Å². The van der Waals surface area contributed by atoms with E-state index in [0.29, 0.717) is 19.6 Å². The number of rotatable bonds is 4. The van der Waals surface area contributed by atoms with Crippen molar-refractivity contribution in [3.63, 3.8) is 0 Å². The molecule has 0 amide bonds. The summed E-state index contributed by atoms with van der Waals surface area (Å²) in [7, 11) is 0. The van der Waals surface area contributed by atoms with Crippen LogP contribution in [-0.2, 0) is 19.1 Å². The van der Waals surface area contributed by atoms with Crippen LogP contribution < -0.4 is 0 Å². The second kappa shape index (κ2) is 5.84. The smallest absolute Gasteiger partial charge is 0.310 e. The molecule has 17 heavy (non-hydrogen) atoms. The molecule has 1 aliphatic carbocycles. The van der Waals surface area contributed by atoms with Gasteiger partial charge in [-0.2, -0.15) is 0 Å². The molecule has 0 aliphatic heterocycles. The Balaban J connectivity index is 2.84. The lowest BCUT2D eigenvalue weighted by molar-refractivity contribution is -0.160. The molecule has 0 N–H and O–H groups in total. The monoisotopic (exact) mass is 240 g/mol. The van der Waals surface area contributed by atoms with Crippen molar-refractivity contribution in [2.24, 2.45) is 17.8 Å². The van der Waals surface area contributed by atoms with Gasteiger partial charge in [0, 0.05) is 0 Å². The van der Waals surface area contributed by atoms with E-state index >= 15 is 0 Å². The number of allylic oxidation sites excluding steroid dienone is 1. The highest BCUT2D eigenvalue weighted by molar-refractivity contribution is 5.84. The summed E-state index contributed by atoms with van der Waals surface area (Å²) in [6, 6.07) is 0. The maximum absolute atomic E-state index is 11.8. The first-order valence-corrected chi connectivity index (χ1v) is 6.03. The van der Waals surface area contributed by atoms with Crippen LogP contribution in [0.3, 0.4) is 0 Å². The third-order valence-corrected chi connectivity index (χ3v) is 3.25. The highest BCUT2D eigenvalue weighted by Crippen LogP contribution is 2.41. The van der Waals surface area contributed by atoms with E-state index in [1.165, 1.54) is 0 Å². The summed E-state index contributed by atoms with van der Waals surface area (Å²) in [5.41, 5.74) is 0.918. The fourth-order valence-electron chi connectivity index (χ4n) is 2.28. The SMILES string of the molecule is C=C1CC(C(=O)OCC)C(C(=O)OCC)C1C. The molecule has 0 aromatic carbocycles. The van der Waals surface area contributed by atoms with Crippen LogP contribution >= 0.6 is 0 Å². The Morgan fingerprint density at radius 3 is 2.29 bits per heavy atom. The fourth-order valence-corrected chi connectivity index (χ4v) is 2.28. The Hall–Kier alpha value is -1.32. The van der Waals surface area contributed by atoms with Gasteiger partial charge >= 0.3 is 11.9 Å². The molecule has 1 rings (SSSR count). The summed E-state index contributed by atoms with van der Waals surface area (Å²) < 4.78 is 10.0. The molecule has 0 spiro atoms. The minimum Gasteiger partial charge on any atom is -0.466 e. The minimum absolute atomic E-state index is 0.0246. The van der Waals surface area contributed by atoms with E-state index in [4.69, 9.17) is 9.47 Å². The number of esters is 2. The minimum atomic E-state index is -0.443. The lowest BCUT2D eigenvalue weighted by Crippen LogP contribution is -2.31. The molecule has 1 fully saturated rings. The van der Waals surface area contributed by atoms with Crippen molar-refractivity contribution in [1.29, 1.82) is 0 Å². The number of hydrogen-bond acceptors (Lipinski definition) is 4. The van der Waals surface area contributed by atoms with Gasteiger partial charge in [0.25, 0.3) is 0 Å². The largest absolute Gasteiger partial charge is 0.466 e. The molecule has 96 valence electrons. The van der Waals surface area contributed by atoms with Crippen LogP contribution in [0.4, 0.5) is 0 Å². The van der Waals surface area contributed by atoms with Gasteiger partial charge in [-0.3, -0.25) is 9.59 Å². The standard InChI is InChI=1S/C13H20O4/c1-5-16-12(14)10-7-8(3)9(4)11(10)13(15)17-6-2/h9-11H,3,5-7H2,1-2,4H3. The van der Waals surface area contributed by atoms with Crippen LogP contribution in [0.5, 0.6) is 0 Å². The number of hydrogen-bond donors (Lipinski definition) is 0. The summed E-state index contributed by atoms with van der Waals surface area (Å²) in [6.45, 7) is 9.97. The van der Waals surface area contributed by atoms with Crippen LogP contribution in [0.15, 0.2) is 12.2 Å². The van der Waals surface area contributed by atoms with Gasteiger partial charge in [0.05, 0.1) is 25.0 Å². The van der Waals surface area contributed by atoms with Crippen molar-refractivity contribution < 1.29 is 19.1 Å². The average Bonchev–Trinajstić information content (AvgIpc) is 2.56. The van der Waals surface area contributed by atoms with Crippen LogP contribution in [0.2, 0.25) is 0 Å². The number of ether oxygens (including phenoxy) is 2. The maximum Gasteiger partial charge on any atom is 0.310 e. The topological polar surface area (TPSA) is 52.6 Å². The summed E-state index contributed by atoms with van der Waals surface area (Å²) in [5.74, 6) is -1.55. The van der Waals surface area contributed by atoms with Crippen molar-refractivity contribution in [3.8, 4) is 0 Å². The predicted octanol–water partition coefficient (Wildman–Crippen LogP) is 1.94. The molecular formula is C13H20O4. The van der Waals surface area contributed by atoms with Gasteiger partial charge < -0.3 is 9.47 Å². The van der Waals surface area contributed by atoms with Crippen molar-refractivity contribution >= 4 is 11.9 Å². The molecule has 0 bridgehead atoms. The molecule has 0 saturated heterocycles. The second-order valence-corrected chi connectivity index (χ2v) is 4.29. The Bertz CT molecular complexity index is 321. The van der Waals surface area contributed by atoms with Crippen molar-refractivity contribution in [1.82, 2.24) is 0 Å². The first kappa shape index (κ1) is 13.7. The molecule has 4 nitrogen and oxygen atoms in total. The quantitative estimate of drug-likeness (QED) is 0.556. The molecule has 1 aliphatic rings. The number of carbonyl (C=O) groups is 2. The van der Waals surface area contributed by atoms with Crippen LogP contribution in [-0.4, -0.2) is 25.2 Å². The molecule has 4 heteroatoms.